The molecule has 3 N–H and O–H groups in total. The van der Waals surface area contributed by atoms with Crippen molar-refractivity contribution in [2.45, 2.75) is 116 Å². The van der Waals surface area contributed by atoms with Crippen LogP contribution in [0.3, 0.4) is 0 Å². The molecular weight excluding hydrogens is 322 g/mol. The van der Waals surface area contributed by atoms with Gasteiger partial charge in [0.15, 0.2) is 0 Å². The number of hydrogen-bond acceptors (Lipinski definition) is 4. The van der Waals surface area contributed by atoms with Gasteiger partial charge in [0, 0.05) is 12.8 Å². The van der Waals surface area contributed by atoms with Crippen LogP contribution >= 0.6 is 0 Å². The molecule has 4 heteroatoms. The zero-order valence-corrected chi connectivity index (χ0v) is 17.2. The maximum absolute atomic E-state index is 11.7. The fraction of sp³-hybridized carbons (Fsp3) is 0.864. The molecule has 26 heavy (non-hydrogen) atoms. The van der Waals surface area contributed by atoms with Crippen LogP contribution in [0.15, 0.2) is 12.2 Å². The van der Waals surface area contributed by atoms with Gasteiger partial charge in [-0.15, -0.1) is 0 Å². The van der Waals surface area contributed by atoms with Crippen molar-refractivity contribution in [2.75, 3.05) is 6.67 Å². The summed E-state index contributed by atoms with van der Waals surface area (Å²) in [6, 6.07) is 0. The van der Waals surface area contributed by atoms with Crippen LogP contribution in [0.5, 0.6) is 0 Å². The van der Waals surface area contributed by atoms with Gasteiger partial charge in [-0.3, -0.25) is 10.1 Å². The molecule has 0 radical (unpaired) electrons. The number of hydrogen-bond donors (Lipinski definition) is 3. The Bertz CT molecular complexity index is 351. The van der Waals surface area contributed by atoms with Gasteiger partial charge >= 0.3 is 0 Å². The van der Waals surface area contributed by atoms with Gasteiger partial charge in [-0.2, -0.15) is 0 Å². The van der Waals surface area contributed by atoms with E-state index in [1.807, 2.05) is 0 Å². The Labute approximate surface area is 161 Å². The minimum absolute atomic E-state index is 0.464. The number of carbonyl (C=O) groups is 1. The van der Waals surface area contributed by atoms with Gasteiger partial charge in [-0.25, -0.2) is 10.9 Å². The molecule has 0 spiro atoms. The molecule has 0 aromatic carbocycles. The second-order valence-corrected chi connectivity index (χ2v) is 7.67. The molecular formula is C22H43N3O. The lowest BCUT2D eigenvalue weighted by atomic mass is 10.0. The third-order valence-electron chi connectivity index (χ3n) is 5.13. The normalized spacial score (nSPS) is 17.3. The van der Waals surface area contributed by atoms with Crippen molar-refractivity contribution < 1.29 is 4.79 Å². The van der Waals surface area contributed by atoms with Gasteiger partial charge in [0.05, 0.1) is 12.8 Å². The molecule has 1 fully saturated rings. The van der Waals surface area contributed by atoms with Crippen molar-refractivity contribution in [1.82, 2.24) is 16.2 Å². The molecule has 1 aliphatic rings. The van der Waals surface area contributed by atoms with E-state index in [-0.39, 0.29) is 0 Å². The Hall–Kier alpha value is -0.710. The third kappa shape index (κ3) is 14.5. The Morgan fingerprint density at radius 2 is 1.46 bits per heavy atom. The molecule has 0 bridgehead atoms. The average molecular weight is 366 g/mol. The van der Waals surface area contributed by atoms with E-state index >= 15 is 0 Å². The van der Waals surface area contributed by atoms with E-state index in [0.29, 0.717) is 11.9 Å². The molecule has 1 heterocycles. The standard InChI is InChI=1S/C22H43N3O/c1-2-3-4-14-17-21(26)18-15-12-10-8-6-5-7-9-11-13-16-19-22-23-20-24-25-22/h5-6,22-25H,2-4,7-20H2,1H3/b6-5-. The van der Waals surface area contributed by atoms with Crippen LogP contribution in [-0.4, -0.2) is 18.6 Å². The topological polar surface area (TPSA) is 53.2 Å². The number of carbonyl (C=O) groups excluding carboxylic acids is 1. The Morgan fingerprint density at radius 1 is 0.846 bits per heavy atom. The molecule has 1 unspecified atom stereocenters. The third-order valence-corrected chi connectivity index (χ3v) is 5.13. The maximum Gasteiger partial charge on any atom is 0.132 e. The van der Waals surface area contributed by atoms with Gasteiger partial charge in [0.2, 0.25) is 0 Å². The van der Waals surface area contributed by atoms with Crippen molar-refractivity contribution in [3.05, 3.63) is 12.2 Å². The van der Waals surface area contributed by atoms with Crippen molar-refractivity contribution in [3.8, 4) is 0 Å². The SMILES string of the molecule is CCCCCCC(=O)CCCCC/C=C\CCCCCCC1NCNN1. The summed E-state index contributed by atoms with van der Waals surface area (Å²) in [7, 11) is 0. The summed E-state index contributed by atoms with van der Waals surface area (Å²) in [5.74, 6) is 0.479. The first-order chi connectivity index (χ1) is 12.8. The van der Waals surface area contributed by atoms with E-state index in [0.717, 1.165) is 32.4 Å². The first kappa shape index (κ1) is 23.3. The minimum atomic E-state index is 0.464. The highest BCUT2D eigenvalue weighted by Gasteiger charge is 2.10. The zero-order valence-electron chi connectivity index (χ0n) is 17.2. The molecule has 1 atom stereocenters. The molecule has 0 aromatic heterocycles. The van der Waals surface area contributed by atoms with Crippen molar-refractivity contribution in [3.63, 3.8) is 0 Å². The Balaban J connectivity index is 1.75. The molecule has 0 aromatic rings. The number of nitrogens with one attached hydrogen (secondary N) is 3. The van der Waals surface area contributed by atoms with Crippen LogP contribution < -0.4 is 16.2 Å². The molecule has 0 amide bonds. The lowest BCUT2D eigenvalue weighted by molar-refractivity contribution is -0.119. The summed E-state index contributed by atoms with van der Waals surface area (Å²) < 4.78 is 0. The van der Waals surface area contributed by atoms with Crippen LogP contribution in [0.4, 0.5) is 0 Å². The summed E-state index contributed by atoms with van der Waals surface area (Å²) in [4.78, 5) is 11.7. The lowest BCUT2D eigenvalue weighted by Gasteiger charge is -2.08. The summed E-state index contributed by atoms with van der Waals surface area (Å²) in [5.41, 5.74) is 6.32. The maximum atomic E-state index is 11.7. The van der Waals surface area contributed by atoms with Crippen LogP contribution in [0.1, 0.15) is 110 Å². The number of hydrazine groups is 1. The summed E-state index contributed by atoms with van der Waals surface area (Å²) in [6.45, 7) is 3.09. The fourth-order valence-corrected chi connectivity index (χ4v) is 3.41. The highest BCUT2D eigenvalue weighted by atomic mass is 16.1. The van der Waals surface area contributed by atoms with E-state index in [1.165, 1.54) is 77.0 Å². The van der Waals surface area contributed by atoms with Gasteiger partial charge in [-0.1, -0.05) is 64.0 Å². The summed E-state index contributed by atoms with van der Waals surface area (Å²) >= 11 is 0. The molecule has 0 saturated carbocycles. The van der Waals surface area contributed by atoms with E-state index in [1.54, 1.807) is 0 Å². The Morgan fingerprint density at radius 3 is 2.08 bits per heavy atom. The predicted octanol–water partition coefficient (Wildman–Crippen LogP) is 5.35. The quantitative estimate of drug-likeness (QED) is 0.226. The van der Waals surface area contributed by atoms with Crippen LogP contribution in [0.25, 0.3) is 0 Å². The van der Waals surface area contributed by atoms with Gasteiger partial charge < -0.3 is 0 Å². The van der Waals surface area contributed by atoms with E-state index < -0.39 is 0 Å². The predicted molar refractivity (Wildman–Crippen MR) is 112 cm³/mol. The number of ketones is 1. The molecule has 0 aliphatic carbocycles. The highest BCUT2D eigenvalue weighted by Crippen LogP contribution is 2.10. The smallest absolute Gasteiger partial charge is 0.132 e. The number of rotatable bonds is 18. The van der Waals surface area contributed by atoms with Crippen LogP contribution in [0, 0.1) is 0 Å². The summed E-state index contributed by atoms with van der Waals surface area (Å²) in [5, 5.41) is 3.36. The Kier molecular flexibility index (Phi) is 15.9. The first-order valence-electron chi connectivity index (χ1n) is 11.2. The number of allylic oxidation sites excluding steroid dienone is 2. The van der Waals surface area contributed by atoms with Crippen molar-refractivity contribution >= 4 is 5.78 Å². The molecule has 1 rings (SSSR count). The molecule has 4 nitrogen and oxygen atoms in total. The van der Waals surface area contributed by atoms with Crippen LogP contribution in [0.2, 0.25) is 0 Å². The summed E-state index contributed by atoms with van der Waals surface area (Å²) in [6.07, 6.45) is 24.0. The van der Waals surface area contributed by atoms with E-state index in [2.05, 4.69) is 35.2 Å². The zero-order chi connectivity index (χ0) is 18.7. The van der Waals surface area contributed by atoms with E-state index in [9.17, 15) is 4.79 Å². The largest absolute Gasteiger partial charge is 0.300 e. The van der Waals surface area contributed by atoms with Crippen molar-refractivity contribution in [2.24, 2.45) is 0 Å². The average Bonchev–Trinajstić information content (AvgIpc) is 3.16. The number of unbranched alkanes of at least 4 members (excludes halogenated alkanes) is 10. The monoisotopic (exact) mass is 365 g/mol. The van der Waals surface area contributed by atoms with Crippen molar-refractivity contribution in [1.29, 1.82) is 0 Å². The molecule has 1 aliphatic heterocycles. The molecule has 1 saturated heterocycles. The minimum Gasteiger partial charge on any atom is -0.300 e. The second kappa shape index (κ2) is 17.7. The fourth-order valence-electron chi connectivity index (χ4n) is 3.41. The lowest BCUT2D eigenvalue weighted by Crippen LogP contribution is -2.33. The van der Waals surface area contributed by atoms with Crippen LogP contribution in [-0.2, 0) is 4.79 Å². The first-order valence-corrected chi connectivity index (χ1v) is 11.2. The van der Waals surface area contributed by atoms with Gasteiger partial charge in [0.25, 0.3) is 0 Å². The second-order valence-electron chi connectivity index (χ2n) is 7.67. The van der Waals surface area contributed by atoms with E-state index in [4.69, 9.17) is 0 Å². The number of Topliss-reactive ketones (excluding diaryl/α,β-unsaturated/α-hetero) is 1. The van der Waals surface area contributed by atoms with Gasteiger partial charge in [-0.05, 0) is 44.9 Å². The highest BCUT2D eigenvalue weighted by molar-refractivity contribution is 5.78. The van der Waals surface area contributed by atoms with Gasteiger partial charge in [0.1, 0.15) is 5.78 Å². The molecule has 152 valence electrons.